The average molecular weight is 435 g/mol. The lowest BCUT2D eigenvalue weighted by atomic mass is 9.81. The summed E-state index contributed by atoms with van der Waals surface area (Å²) in [5.41, 5.74) is 2.96. The highest BCUT2D eigenvalue weighted by atomic mass is 16.5. The summed E-state index contributed by atoms with van der Waals surface area (Å²) in [5.74, 6) is 2.08. The zero-order chi connectivity index (χ0) is 22.3. The SMILES string of the molecule is CCOC(=O)[C@H]1CCNC[C@H]1c1cccc(OCCc2nc(-c3ccccc3)oc2C)c1. The van der Waals surface area contributed by atoms with Gasteiger partial charge in [-0.1, -0.05) is 30.3 Å². The monoisotopic (exact) mass is 434 g/mol. The number of ether oxygens (including phenoxy) is 2. The number of aryl methyl sites for hydroxylation is 1. The van der Waals surface area contributed by atoms with Gasteiger partial charge in [0.05, 0.1) is 24.8 Å². The molecule has 6 heteroatoms. The number of carbonyl (C=O) groups excluding carboxylic acids is 1. The Morgan fingerprint density at radius 2 is 2.03 bits per heavy atom. The van der Waals surface area contributed by atoms with Crippen molar-refractivity contribution in [3.8, 4) is 17.2 Å². The molecule has 0 unspecified atom stereocenters. The summed E-state index contributed by atoms with van der Waals surface area (Å²) in [4.78, 5) is 17.1. The van der Waals surface area contributed by atoms with E-state index in [-0.39, 0.29) is 17.8 Å². The second-order valence-corrected chi connectivity index (χ2v) is 8.02. The number of benzene rings is 2. The number of esters is 1. The molecule has 0 saturated carbocycles. The Balaban J connectivity index is 1.39. The van der Waals surface area contributed by atoms with Gasteiger partial charge in [-0.15, -0.1) is 0 Å². The second kappa shape index (κ2) is 10.5. The quantitative estimate of drug-likeness (QED) is 0.525. The number of nitrogens with zero attached hydrogens (tertiary/aromatic N) is 1. The summed E-state index contributed by atoms with van der Waals surface area (Å²) < 4.78 is 17.2. The molecule has 1 saturated heterocycles. The summed E-state index contributed by atoms with van der Waals surface area (Å²) in [6, 6.07) is 17.9. The fourth-order valence-electron chi connectivity index (χ4n) is 4.20. The van der Waals surface area contributed by atoms with Gasteiger partial charge in [-0.05, 0) is 56.6 Å². The van der Waals surface area contributed by atoms with Gasteiger partial charge in [-0.25, -0.2) is 4.98 Å². The van der Waals surface area contributed by atoms with E-state index >= 15 is 0 Å². The van der Waals surface area contributed by atoms with Crippen molar-refractivity contribution in [1.29, 1.82) is 0 Å². The normalized spacial score (nSPS) is 18.3. The van der Waals surface area contributed by atoms with Crippen LogP contribution in [0.3, 0.4) is 0 Å². The van der Waals surface area contributed by atoms with Crippen LogP contribution >= 0.6 is 0 Å². The molecule has 1 aliphatic heterocycles. The zero-order valence-electron chi connectivity index (χ0n) is 18.7. The van der Waals surface area contributed by atoms with Crippen molar-refractivity contribution in [2.24, 2.45) is 5.92 Å². The summed E-state index contributed by atoms with van der Waals surface area (Å²) in [6.45, 7) is 6.27. The van der Waals surface area contributed by atoms with Gasteiger partial charge >= 0.3 is 5.97 Å². The predicted octanol–water partition coefficient (Wildman–Crippen LogP) is 4.53. The molecular weight excluding hydrogens is 404 g/mol. The Morgan fingerprint density at radius 3 is 2.84 bits per heavy atom. The van der Waals surface area contributed by atoms with Gasteiger partial charge in [0.15, 0.2) is 0 Å². The third-order valence-corrected chi connectivity index (χ3v) is 5.88. The number of carbonyl (C=O) groups is 1. The highest BCUT2D eigenvalue weighted by Gasteiger charge is 2.33. The second-order valence-electron chi connectivity index (χ2n) is 8.02. The van der Waals surface area contributed by atoms with Gasteiger partial charge < -0.3 is 19.2 Å². The van der Waals surface area contributed by atoms with E-state index in [9.17, 15) is 4.79 Å². The van der Waals surface area contributed by atoms with Gasteiger partial charge in [-0.3, -0.25) is 4.79 Å². The van der Waals surface area contributed by atoms with Crippen LogP contribution < -0.4 is 10.1 Å². The average Bonchev–Trinajstić information content (AvgIpc) is 3.20. The van der Waals surface area contributed by atoms with E-state index in [0.717, 1.165) is 47.8 Å². The van der Waals surface area contributed by atoms with Crippen LogP contribution in [0.1, 0.15) is 36.3 Å². The topological polar surface area (TPSA) is 73.6 Å². The van der Waals surface area contributed by atoms with Gasteiger partial charge in [0.2, 0.25) is 5.89 Å². The van der Waals surface area contributed by atoms with Crippen molar-refractivity contribution >= 4 is 5.97 Å². The molecule has 168 valence electrons. The van der Waals surface area contributed by atoms with Crippen LogP contribution in [0, 0.1) is 12.8 Å². The van der Waals surface area contributed by atoms with Crippen LogP contribution in [-0.4, -0.2) is 37.3 Å². The third kappa shape index (κ3) is 5.19. The van der Waals surface area contributed by atoms with E-state index in [1.807, 2.05) is 62.4 Å². The van der Waals surface area contributed by atoms with Gasteiger partial charge in [0, 0.05) is 24.4 Å². The van der Waals surface area contributed by atoms with Crippen LogP contribution in [0.25, 0.3) is 11.5 Å². The molecule has 0 bridgehead atoms. The summed E-state index contributed by atoms with van der Waals surface area (Å²) in [6.07, 6.45) is 1.44. The molecule has 0 aliphatic carbocycles. The van der Waals surface area contributed by atoms with E-state index in [0.29, 0.717) is 25.5 Å². The maximum atomic E-state index is 12.4. The number of oxazole rings is 1. The van der Waals surface area contributed by atoms with E-state index < -0.39 is 0 Å². The number of rotatable bonds is 8. The third-order valence-electron chi connectivity index (χ3n) is 5.88. The Bertz CT molecular complexity index is 1030. The molecule has 1 fully saturated rings. The number of piperidine rings is 1. The molecule has 1 N–H and O–H groups in total. The van der Waals surface area contributed by atoms with Crippen LogP contribution in [0.4, 0.5) is 0 Å². The molecular formula is C26H30N2O4. The van der Waals surface area contributed by atoms with Gasteiger partial charge in [0.1, 0.15) is 11.5 Å². The summed E-state index contributed by atoms with van der Waals surface area (Å²) in [5, 5.41) is 3.40. The molecule has 1 aliphatic rings. The van der Waals surface area contributed by atoms with Crippen LogP contribution in [0.15, 0.2) is 59.0 Å². The highest BCUT2D eigenvalue weighted by molar-refractivity contribution is 5.74. The minimum Gasteiger partial charge on any atom is -0.493 e. The lowest BCUT2D eigenvalue weighted by molar-refractivity contribution is -0.149. The summed E-state index contributed by atoms with van der Waals surface area (Å²) >= 11 is 0. The molecule has 4 rings (SSSR count). The number of aromatic nitrogens is 1. The van der Waals surface area contributed by atoms with E-state index in [1.165, 1.54) is 0 Å². The van der Waals surface area contributed by atoms with Crippen molar-refractivity contribution in [2.75, 3.05) is 26.3 Å². The number of hydrogen-bond acceptors (Lipinski definition) is 6. The molecule has 2 aromatic carbocycles. The fourth-order valence-corrected chi connectivity index (χ4v) is 4.20. The van der Waals surface area contributed by atoms with E-state index in [1.54, 1.807) is 0 Å². The van der Waals surface area contributed by atoms with Crippen LogP contribution in [0.2, 0.25) is 0 Å². The van der Waals surface area contributed by atoms with Crippen molar-refractivity contribution in [2.45, 2.75) is 32.6 Å². The molecule has 0 spiro atoms. The lowest BCUT2D eigenvalue weighted by Gasteiger charge is -2.31. The first kappa shape index (κ1) is 22.1. The first-order valence-corrected chi connectivity index (χ1v) is 11.3. The Morgan fingerprint density at radius 1 is 1.19 bits per heavy atom. The minimum atomic E-state index is -0.124. The first-order chi connectivity index (χ1) is 15.7. The zero-order valence-corrected chi connectivity index (χ0v) is 18.7. The number of nitrogens with one attached hydrogen (secondary N) is 1. The molecule has 0 radical (unpaired) electrons. The van der Waals surface area contributed by atoms with Crippen molar-refractivity contribution in [1.82, 2.24) is 10.3 Å². The predicted molar refractivity (Wildman–Crippen MR) is 123 cm³/mol. The van der Waals surface area contributed by atoms with E-state index in [4.69, 9.17) is 13.9 Å². The highest BCUT2D eigenvalue weighted by Crippen LogP contribution is 2.32. The molecule has 32 heavy (non-hydrogen) atoms. The van der Waals surface area contributed by atoms with Crippen molar-refractivity contribution in [3.63, 3.8) is 0 Å². The minimum absolute atomic E-state index is 0.0811. The Kier molecular flexibility index (Phi) is 7.22. The van der Waals surface area contributed by atoms with Crippen LogP contribution in [0.5, 0.6) is 5.75 Å². The van der Waals surface area contributed by atoms with Crippen molar-refractivity contribution < 1.29 is 18.7 Å². The Labute approximate surface area is 189 Å². The van der Waals surface area contributed by atoms with E-state index in [2.05, 4.69) is 16.4 Å². The lowest BCUT2D eigenvalue weighted by Crippen LogP contribution is -2.39. The molecule has 2 heterocycles. The molecule has 2 atom stereocenters. The molecule has 0 amide bonds. The van der Waals surface area contributed by atoms with Gasteiger partial charge in [0.25, 0.3) is 0 Å². The maximum Gasteiger partial charge on any atom is 0.309 e. The van der Waals surface area contributed by atoms with Crippen LogP contribution in [-0.2, 0) is 16.0 Å². The molecule has 3 aromatic rings. The fraction of sp³-hybridized carbons (Fsp3) is 0.385. The maximum absolute atomic E-state index is 12.4. The largest absolute Gasteiger partial charge is 0.493 e. The molecule has 6 nitrogen and oxygen atoms in total. The smallest absolute Gasteiger partial charge is 0.309 e. The molecule has 1 aromatic heterocycles. The number of hydrogen-bond donors (Lipinski definition) is 1. The van der Waals surface area contributed by atoms with Crippen molar-refractivity contribution in [3.05, 3.63) is 71.6 Å². The standard InChI is InChI=1S/C26H30N2O4/c1-3-30-26(29)22-12-14-27-17-23(22)20-10-7-11-21(16-20)31-15-13-24-18(2)32-25(28-24)19-8-5-4-6-9-19/h4-11,16,22-23,27H,3,12-15,17H2,1-2H3/t22-,23-/m0/s1. The first-order valence-electron chi connectivity index (χ1n) is 11.3. The summed E-state index contributed by atoms with van der Waals surface area (Å²) in [7, 11) is 0. The Hall–Kier alpha value is -3.12. The van der Waals surface area contributed by atoms with Gasteiger partial charge in [-0.2, -0.15) is 0 Å².